The van der Waals surface area contributed by atoms with E-state index in [2.05, 4.69) is 16.5 Å². The maximum atomic E-state index is 12.0. The lowest BCUT2D eigenvalue weighted by molar-refractivity contribution is -0.123. The minimum Gasteiger partial charge on any atom is -0.360 e. The van der Waals surface area contributed by atoms with Crippen LogP contribution in [0, 0.1) is 6.92 Å². The largest absolute Gasteiger partial charge is 0.360 e. The van der Waals surface area contributed by atoms with Crippen molar-refractivity contribution in [1.29, 1.82) is 0 Å². The fraction of sp³-hybridized carbons (Fsp3) is 0.562. The van der Waals surface area contributed by atoms with E-state index in [1.165, 1.54) is 30.2 Å². The summed E-state index contributed by atoms with van der Waals surface area (Å²) >= 11 is 0. The van der Waals surface area contributed by atoms with E-state index >= 15 is 0 Å². The smallest absolute Gasteiger partial charge is 0.240 e. The predicted octanol–water partition coefficient (Wildman–Crippen LogP) is 2.34. The second-order valence-electron chi connectivity index (χ2n) is 5.61. The fourth-order valence-electron chi connectivity index (χ4n) is 2.53. The highest BCUT2D eigenvalue weighted by Crippen LogP contribution is 2.19. The van der Waals surface area contributed by atoms with E-state index in [0.29, 0.717) is 18.1 Å². The van der Waals surface area contributed by atoms with Gasteiger partial charge < -0.3 is 9.84 Å². The maximum absolute atomic E-state index is 12.0. The van der Waals surface area contributed by atoms with Gasteiger partial charge in [0.1, 0.15) is 12.3 Å². The number of allylic oxidation sites excluding steroid dienone is 1. The Kier molecular flexibility index (Phi) is 5.75. The van der Waals surface area contributed by atoms with E-state index in [0.717, 1.165) is 19.3 Å². The molecule has 6 heteroatoms. The van der Waals surface area contributed by atoms with Gasteiger partial charge in [-0.2, -0.15) is 0 Å². The summed E-state index contributed by atoms with van der Waals surface area (Å²) in [5.41, 5.74) is 1.42. The van der Waals surface area contributed by atoms with Gasteiger partial charge in [-0.3, -0.25) is 14.5 Å². The summed E-state index contributed by atoms with van der Waals surface area (Å²) in [6.45, 7) is 3.71. The number of anilines is 1. The first kappa shape index (κ1) is 16.3. The van der Waals surface area contributed by atoms with Crippen LogP contribution in [0.3, 0.4) is 0 Å². The molecule has 0 bridgehead atoms. The van der Waals surface area contributed by atoms with Crippen LogP contribution in [0.25, 0.3) is 0 Å². The molecular weight excluding hydrogens is 282 g/mol. The average molecular weight is 305 g/mol. The number of carbonyl (C=O) groups is 2. The Bertz CT molecular complexity index is 563. The molecule has 0 saturated carbocycles. The highest BCUT2D eigenvalue weighted by molar-refractivity contribution is 5.96. The van der Waals surface area contributed by atoms with Gasteiger partial charge >= 0.3 is 0 Å². The molecule has 2 amide bonds. The van der Waals surface area contributed by atoms with E-state index in [-0.39, 0.29) is 18.4 Å². The van der Waals surface area contributed by atoms with Gasteiger partial charge in [-0.1, -0.05) is 16.8 Å². The van der Waals surface area contributed by atoms with Gasteiger partial charge in [-0.25, -0.2) is 0 Å². The van der Waals surface area contributed by atoms with Crippen molar-refractivity contribution in [2.75, 3.05) is 18.0 Å². The van der Waals surface area contributed by atoms with Crippen molar-refractivity contribution < 1.29 is 14.1 Å². The van der Waals surface area contributed by atoms with Gasteiger partial charge in [-0.15, -0.1) is 0 Å². The van der Waals surface area contributed by atoms with Crippen molar-refractivity contribution >= 4 is 17.6 Å². The van der Waals surface area contributed by atoms with Gasteiger partial charge in [0.25, 0.3) is 0 Å². The molecule has 1 aromatic heterocycles. The van der Waals surface area contributed by atoms with Crippen molar-refractivity contribution in [2.45, 2.75) is 46.0 Å². The van der Waals surface area contributed by atoms with Crippen LogP contribution in [-0.4, -0.2) is 30.1 Å². The van der Waals surface area contributed by atoms with E-state index in [9.17, 15) is 9.59 Å². The van der Waals surface area contributed by atoms with Crippen LogP contribution in [0.2, 0.25) is 0 Å². The van der Waals surface area contributed by atoms with Crippen molar-refractivity contribution in [3.8, 4) is 0 Å². The Hall–Kier alpha value is -2.11. The first-order valence-corrected chi connectivity index (χ1v) is 7.72. The van der Waals surface area contributed by atoms with E-state index < -0.39 is 0 Å². The molecular formula is C16H23N3O3. The summed E-state index contributed by atoms with van der Waals surface area (Å²) in [7, 11) is 0. The molecule has 2 rings (SSSR count). The van der Waals surface area contributed by atoms with Crippen LogP contribution < -0.4 is 10.2 Å². The first-order valence-electron chi connectivity index (χ1n) is 7.72. The highest BCUT2D eigenvalue weighted by atomic mass is 16.5. The molecule has 0 fully saturated rings. The minimum atomic E-state index is -0.238. The standard InChI is InChI=1S/C16H23N3O3/c1-12-10-15(18-22-12)19(13(2)20)11-16(21)17-9-8-14-6-4-3-5-7-14/h6,10H,3-5,7-9,11H2,1-2H3,(H,17,21). The number of amides is 2. The molecule has 0 unspecified atom stereocenters. The average Bonchev–Trinajstić information content (AvgIpc) is 2.92. The SMILES string of the molecule is CC(=O)N(CC(=O)NCCC1=CCCCC1)c1cc(C)on1. The number of carbonyl (C=O) groups excluding carboxylic acids is 2. The first-order chi connectivity index (χ1) is 10.6. The summed E-state index contributed by atoms with van der Waals surface area (Å²) in [4.78, 5) is 25.0. The van der Waals surface area contributed by atoms with E-state index in [4.69, 9.17) is 4.52 Å². The Morgan fingerprint density at radius 1 is 1.41 bits per heavy atom. The third-order valence-corrected chi connectivity index (χ3v) is 3.73. The lowest BCUT2D eigenvalue weighted by atomic mass is 9.97. The monoisotopic (exact) mass is 305 g/mol. The van der Waals surface area contributed by atoms with Crippen molar-refractivity contribution in [3.63, 3.8) is 0 Å². The van der Waals surface area contributed by atoms with E-state index in [1.807, 2.05) is 0 Å². The Morgan fingerprint density at radius 2 is 2.23 bits per heavy atom. The maximum Gasteiger partial charge on any atom is 0.240 e. The second-order valence-corrected chi connectivity index (χ2v) is 5.61. The van der Waals surface area contributed by atoms with Crippen molar-refractivity contribution in [1.82, 2.24) is 10.5 Å². The van der Waals surface area contributed by atoms with Crippen LogP contribution in [0.5, 0.6) is 0 Å². The van der Waals surface area contributed by atoms with Crippen LogP contribution in [-0.2, 0) is 9.59 Å². The number of hydrogen-bond donors (Lipinski definition) is 1. The normalized spacial score (nSPS) is 14.4. The van der Waals surface area contributed by atoms with Gasteiger partial charge in [0.05, 0.1) is 0 Å². The Morgan fingerprint density at radius 3 is 2.82 bits per heavy atom. The molecule has 0 saturated heterocycles. The molecule has 1 aliphatic carbocycles. The molecule has 1 aromatic rings. The lowest BCUT2D eigenvalue weighted by Crippen LogP contribution is -2.40. The molecule has 0 aliphatic heterocycles. The van der Waals surface area contributed by atoms with Gasteiger partial charge in [0, 0.05) is 19.5 Å². The molecule has 1 N–H and O–H groups in total. The fourth-order valence-corrected chi connectivity index (χ4v) is 2.53. The molecule has 1 aliphatic rings. The topological polar surface area (TPSA) is 75.4 Å². The highest BCUT2D eigenvalue weighted by Gasteiger charge is 2.18. The molecule has 0 atom stereocenters. The summed E-state index contributed by atoms with van der Waals surface area (Å²) in [6.07, 6.45) is 7.94. The molecule has 22 heavy (non-hydrogen) atoms. The summed E-state index contributed by atoms with van der Waals surface area (Å²) < 4.78 is 4.95. The number of aromatic nitrogens is 1. The summed E-state index contributed by atoms with van der Waals surface area (Å²) in [6, 6.07) is 1.64. The van der Waals surface area contributed by atoms with Crippen molar-refractivity contribution in [2.24, 2.45) is 0 Å². The Labute approximate surface area is 130 Å². The van der Waals surface area contributed by atoms with Crippen LogP contribution in [0.15, 0.2) is 22.2 Å². The zero-order valence-corrected chi connectivity index (χ0v) is 13.2. The van der Waals surface area contributed by atoms with Crippen LogP contribution in [0.4, 0.5) is 5.82 Å². The lowest BCUT2D eigenvalue weighted by Gasteiger charge is -2.17. The predicted molar refractivity (Wildman–Crippen MR) is 83.4 cm³/mol. The number of hydrogen-bond acceptors (Lipinski definition) is 4. The van der Waals surface area contributed by atoms with Crippen LogP contribution >= 0.6 is 0 Å². The number of nitrogens with zero attached hydrogens (tertiary/aromatic N) is 2. The molecule has 0 spiro atoms. The third-order valence-electron chi connectivity index (χ3n) is 3.73. The number of nitrogens with one attached hydrogen (secondary N) is 1. The Balaban J connectivity index is 1.81. The zero-order valence-electron chi connectivity index (χ0n) is 13.2. The molecule has 0 aromatic carbocycles. The van der Waals surface area contributed by atoms with Gasteiger partial charge in [0.2, 0.25) is 11.8 Å². The molecule has 0 radical (unpaired) electrons. The third kappa shape index (κ3) is 4.72. The van der Waals surface area contributed by atoms with Crippen molar-refractivity contribution in [3.05, 3.63) is 23.5 Å². The van der Waals surface area contributed by atoms with Crippen LogP contribution in [0.1, 0.15) is 44.8 Å². The second kappa shape index (κ2) is 7.77. The molecule has 6 nitrogen and oxygen atoms in total. The zero-order chi connectivity index (χ0) is 15.9. The quantitative estimate of drug-likeness (QED) is 0.819. The number of rotatable bonds is 6. The number of aryl methyl sites for hydroxylation is 1. The van der Waals surface area contributed by atoms with Gasteiger partial charge in [-0.05, 0) is 39.0 Å². The van der Waals surface area contributed by atoms with E-state index in [1.54, 1.807) is 13.0 Å². The van der Waals surface area contributed by atoms with Gasteiger partial charge in [0.15, 0.2) is 5.82 Å². The minimum absolute atomic E-state index is 0.0413. The molecule has 120 valence electrons. The molecule has 1 heterocycles. The summed E-state index contributed by atoms with van der Waals surface area (Å²) in [5.74, 6) is 0.548. The summed E-state index contributed by atoms with van der Waals surface area (Å²) in [5, 5.41) is 6.64.